The van der Waals surface area contributed by atoms with Crippen LogP contribution >= 0.6 is 0 Å². The molecule has 0 saturated heterocycles. The fourth-order valence-electron chi connectivity index (χ4n) is 2.52. The first kappa shape index (κ1) is 12.7. The number of hydrogen-bond acceptors (Lipinski definition) is 2. The van der Waals surface area contributed by atoms with Crippen molar-refractivity contribution in [2.45, 2.75) is 64.4 Å². The minimum absolute atomic E-state index is 0.114. The minimum Gasteiger partial charge on any atom is -0.373 e. The maximum atomic E-state index is 11.9. The van der Waals surface area contributed by atoms with E-state index in [1.165, 1.54) is 32.1 Å². The first-order valence-electron chi connectivity index (χ1n) is 6.35. The van der Waals surface area contributed by atoms with Crippen LogP contribution in [-0.4, -0.2) is 19.0 Å². The van der Waals surface area contributed by atoms with E-state index in [9.17, 15) is 4.79 Å². The molecule has 0 radical (unpaired) electrons. The number of hydrogen-bond donors (Lipinski definition) is 0. The molecule has 88 valence electrons. The summed E-state index contributed by atoms with van der Waals surface area (Å²) in [6.07, 6.45) is 8.90. The quantitative estimate of drug-likeness (QED) is 0.675. The minimum atomic E-state index is -0.114. The normalized spacial score (nSPS) is 20.1. The maximum Gasteiger partial charge on any atom is 0.161 e. The number of ether oxygens (including phenoxy) is 1. The lowest BCUT2D eigenvalue weighted by Gasteiger charge is -2.28. The Hall–Kier alpha value is -0.370. The predicted molar refractivity (Wildman–Crippen MR) is 61.9 cm³/mol. The Kier molecular flexibility index (Phi) is 5.92. The van der Waals surface area contributed by atoms with Crippen LogP contribution in [0.4, 0.5) is 0 Å². The van der Waals surface area contributed by atoms with Crippen LogP contribution in [0.2, 0.25) is 0 Å². The van der Waals surface area contributed by atoms with Crippen molar-refractivity contribution in [2.75, 3.05) is 7.11 Å². The highest BCUT2D eigenvalue weighted by molar-refractivity contribution is 5.83. The third kappa shape index (κ3) is 3.94. The van der Waals surface area contributed by atoms with Crippen LogP contribution in [0, 0.1) is 5.92 Å². The van der Waals surface area contributed by atoms with Crippen molar-refractivity contribution in [3.8, 4) is 0 Å². The summed E-state index contributed by atoms with van der Waals surface area (Å²) in [6, 6.07) is 0. The van der Waals surface area contributed by atoms with Crippen LogP contribution in [0.25, 0.3) is 0 Å². The molecular formula is C13H24O2. The lowest BCUT2D eigenvalue weighted by atomic mass is 9.83. The second kappa shape index (κ2) is 7.00. The first-order chi connectivity index (χ1) is 7.29. The highest BCUT2D eigenvalue weighted by atomic mass is 16.5. The summed E-state index contributed by atoms with van der Waals surface area (Å²) in [5.41, 5.74) is 0. The highest BCUT2D eigenvalue weighted by Gasteiger charge is 2.28. The molecule has 1 saturated carbocycles. The molecule has 2 heteroatoms. The number of ketones is 1. The van der Waals surface area contributed by atoms with Crippen LogP contribution in [0.5, 0.6) is 0 Å². The van der Waals surface area contributed by atoms with Crippen molar-refractivity contribution < 1.29 is 9.53 Å². The van der Waals surface area contributed by atoms with Gasteiger partial charge < -0.3 is 4.74 Å². The SMILES string of the molecule is CCCCC(=O)C(OC)C1CCCCC1. The van der Waals surface area contributed by atoms with E-state index in [4.69, 9.17) is 4.74 Å². The Balaban J connectivity index is 2.41. The first-order valence-corrected chi connectivity index (χ1v) is 6.35. The second-order valence-electron chi connectivity index (χ2n) is 4.62. The molecule has 0 aromatic heterocycles. The molecule has 1 fully saturated rings. The molecule has 0 aliphatic heterocycles. The van der Waals surface area contributed by atoms with Crippen molar-refractivity contribution in [1.29, 1.82) is 0 Å². The standard InChI is InChI=1S/C13H24O2/c1-3-4-10-12(14)13(15-2)11-8-6-5-7-9-11/h11,13H,3-10H2,1-2H3. The molecule has 1 atom stereocenters. The van der Waals surface area contributed by atoms with Crippen molar-refractivity contribution in [3.63, 3.8) is 0 Å². The van der Waals surface area contributed by atoms with Crippen molar-refractivity contribution >= 4 is 5.78 Å². The van der Waals surface area contributed by atoms with Crippen LogP contribution in [0.15, 0.2) is 0 Å². The zero-order valence-electron chi connectivity index (χ0n) is 10.1. The van der Waals surface area contributed by atoms with Gasteiger partial charge in [0.2, 0.25) is 0 Å². The average molecular weight is 212 g/mol. The fourth-order valence-corrected chi connectivity index (χ4v) is 2.52. The highest BCUT2D eigenvalue weighted by Crippen LogP contribution is 2.28. The molecule has 1 aliphatic carbocycles. The summed E-state index contributed by atoms with van der Waals surface area (Å²) in [5.74, 6) is 0.819. The Morgan fingerprint density at radius 3 is 2.53 bits per heavy atom. The largest absolute Gasteiger partial charge is 0.373 e. The molecule has 1 aliphatic rings. The van der Waals surface area contributed by atoms with Gasteiger partial charge in [-0.25, -0.2) is 0 Å². The summed E-state index contributed by atoms with van der Waals surface area (Å²) in [4.78, 5) is 11.9. The van der Waals surface area contributed by atoms with Crippen molar-refractivity contribution in [2.24, 2.45) is 5.92 Å². The van der Waals surface area contributed by atoms with E-state index in [2.05, 4.69) is 6.92 Å². The summed E-state index contributed by atoms with van der Waals surface area (Å²) >= 11 is 0. The average Bonchev–Trinajstić information content (AvgIpc) is 2.29. The Bertz CT molecular complexity index is 183. The van der Waals surface area contributed by atoms with E-state index < -0.39 is 0 Å². The molecule has 0 aromatic carbocycles. The van der Waals surface area contributed by atoms with Crippen molar-refractivity contribution in [1.82, 2.24) is 0 Å². The molecule has 1 rings (SSSR count). The van der Waals surface area contributed by atoms with Crippen molar-refractivity contribution in [3.05, 3.63) is 0 Å². The number of methoxy groups -OCH3 is 1. The number of unbranched alkanes of at least 4 members (excludes halogenated alkanes) is 1. The van der Waals surface area contributed by atoms with E-state index in [0.717, 1.165) is 12.8 Å². The molecule has 15 heavy (non-hydrogen) atoms. The van der Waals surface area contributed by atoms with Crippen LogP contribution in [-0.2, 0) is 9.53 Å². The monoisotopic (exact) mass is 212 g/mol. The predicted octanol–water partition coefficient (Wildman–Crippen LogP) is 3.34. The van der Waals surface area contributed by atoms with Gasteiger partial charge in [-0.05, 0) is 25.2 Å². The van der Waals surface area contributed by atoms with Gasteiger partial charge in [-0.2, -0.15) is 0 Å². The Labute approximate surface area is 93.4 Å². The zero-order valence-corrected chi connectivity index (χ0v) is 10.1. The summed E-state index contributed by atoms with van der Waals surface area (Å²) in [7, 11) is 1.68. The fraction of sp³-hybridized carbons (Fsp3) is 0.923. The van der Waals surface area contributed by atoms with Crippen LogP contribution in [0.1, 0.15) is 58.3 Å². The third-order valence-electron chi connectivity index (χ3n) is 3.43. The summed E-state index contributed by atoms with van der Waals surface area (Å²) in [5, 5.41) is 0. The molecular weight excluding hydrogens is 188 g/mol. The molecule has 0 N–H and O–H groups in total. The number of Topliss-reactive ketones (excluding diaryl/α,β-unsaturated/α-hetero) is 1. The smallest absolute Gasteiger partial charge is 0.161 e. The van der Waals surface area contributed by atoms with Gasteiger partial charge in [0.1, 0.15) is 6.10 Å². The van der Waals surface area contributed by atoms with Gasteiger partial charge in [0.05, 0.1) is 0 Å². The zero-order chi connectivity index (χ0) is 11.1. The topological polar surface area (TPSA) is 26.3 Å². The number of rotatable bonds is 6. The second-order valence-corrected chi connectivity index (χ2v) is 4.62. The molecule has 2 nitrogen and oxygen atoms in total. The van der Waals surface area contributed by atoms with E-state index in [1.807, 2.05) is 0 Å². The molecule has 0 bridgehead atoms. The van der Waals surface area contributed by atoms with E-state index in [0.29, 0.717) is 18.1 Å². The summed E-state index contributed by atoms with van der Waals surface area (Å²) < 4.78 is 5.40. The van der Waals surface area contributed by atoms with Gasteiger partial charge in [-0.15, -0.1) is 0 Å². The molecule has 0 aromatic rings. The van der Waals surface area contributed by atoms with E-state index in [-0.39, 0.29) is 6.10 Å². The lowest BCUT2D eigenvalue weighted by molar-refractivity contribution is -0.132. The van der Waals surface area contributed by atoms with E-state index in [1.54, 1.807) is 7.11 Å². The number of carbonyl (C=O) groups is 1. The number of carbonyl (C=O) groups excluding carboxylic acids is 1. The van der Waals surface area contributed by atoms with Gasteiger partial charge in [0.25, 0.3) is 0 Å². The molecule has 1 unspecified atom stereocenters. The van der Waals surface area contributed by atoms with Crippen LogP contribution in [0.3, 0.4) is 0 Å². The molecule has 0 heterocycles. The summed E-state index contributed by atoms with van der Waals surface area (Å²) in [6.45, 7) is 2.12. The Morgan fingerprint density at radius 1 is 1.33 bits per heavy atom. The van der Waals surface area contributed by atoms with Gasteiger partial charge in [0.15, 0.2) is 5.78 Å². The van der Waals surface area contributed by atoms with Gasteiger partial charge >= 0.3 is 0 Å². The van der Waals surface area contributed by atoms with Gasteiger partial charge in [-0.1, -0.05) is 32.6 Å². The van der Waals surface area contributed by atoms with Gasteiger partial charge in [-0.3, -0.25) is 4.79 Å². The van der Waals surface area contributed by atoms with E-state index >= 15 is 0 Å². The maximum absolute atomic E-state index is 11.9. The molecule has 0 amide bonds. The lowest BCUT2D eigenvalue weighted by Crippen LogP contribution is -2.32. The Morgan fingerprint density at radius 2 is 2.00 bits per heavy atom. The molecule has 0 spiro atoms. The third-order valence-corrected chi connectivity index (χ3v) is 3.43. The van der Waals surface area contributed by atoms with Crippen LogP contribution < -0.4 is 0 Å². The van der Waals surface area contributed by atoms with Gasteiger partial charge in [0, 0.05) is 13.5 Å².